The van der Waals surface area contributed by atoms with Gasteiger partial charge in [0.1, 0.15) is 5.69 Å². The Morgan fingerprint density at radius 1 is 1.58 bits per heavy atom. The summed E-state index contributed by atoms with van der Waals surface area (Å²) in [5, 5.41) is 0. The molecule has 0 aliphatic heterocycles. The van der Waals surface area contributed by atoms with Crippen LogP contribution in [-0.4, -0.2) is 35.0 Å². The third kappa shape index (κ3) is 3.03. The minimum absolute atomic E-state index is 0.0572. The van der Waals surface area contributed by atoms with Crippen LogP contribution in [0.2, 0.25) is 0 Å². The smallest absolute Gasteiger partial charge is 0.270 e. The number of halogens is 1. The van der Waals surface area contributed by atoms with Gasteiger partial charge in [0.05, 0.1) is 0 Å². The number of aromatic nitrogens is 1. The van der Waals surface area contributed by atoms with Crippen molar-refractivity contribution in [1.82, 2.24) is 9.47 Å². The summed E-state index contributed by atoms with van der Waals surface area (Å²) >= 11 is 3.45. The second-order valence-electron chi connectivity index (χ2n) is 5.60. The van der Waals surface area contributed by atoms with E-state index in [2.05, 4.69) is 29.8 Å². The third-order valence-corrected chi connectivity index (χ3v) is 4.25. The van der Waals surface area contributed by atoms with Gasteiger partial charge in [0.15, 0.2) is 0 Å². The molecule has 1 saturated carbocycles. The van der Waals surface area contributed by atoms with Crippen LogP contribution in [0.3, 0.4) is 0 Å². The molecule has 0 saturated heterocycles. The number of hydrogen-bond donors (Lipinski definition) is 1. The molecule has 1 fully saturated rings. The van der Waals surface area contributed by atoms with Gasteiger partial charge in [-0.15, -0.1) is 0 Å². The van der Waals surface area contributed by atoms with Crippen molar-refractivity contribution in [3.05, 3.63) is 22.4 Å². The molecule has 1 heterocycles. The molecule has 2 rings (SSSR count). The first kappa shape index (κ1) is 14.6. The molecule has 2 N–H and O–H groups in total. The number of carbonyl (C=O) groups is 1. The second kappa shape index (κ2) is 5.67. The monoisotopic (exact) mass is 327 g/mol. The molecule has 1 aliphatic carbocycles. The lowest BCUT2D eigenvalue weighted by molar-refractivity contribution is 0.0706. The van der Waals surface area contributed by atoms with Crippen LogP contribution >= 0.6 is 15.9 Å². The number of rotatable bonds is 5. The number of nitrogens with two attached hydrogens (primary N) is 1. The zero-order valence-electron chi connectivity index (χ0n) is 11.8. The van der Waals surface area contributed by atoms with Gasteiger partial charge in [-0.3, -0.25) is 4.79 Å². The maximum atomic E-state index is 12.6. The predicted molar refractivity (Wildman–Crippen MR) is 80.2 cm³/mol. The molecule has 1 aliphatic rings. The number of nitrogens with zero attached hydrogens (tertiary/aromatic N) is 2. The minimum atomic E-state index is 0.0572. The zero-order chi connectivity index (χ0) is 14.2. The maximum Gasteiger partial charge on any atom is 0.270 e. The quantitative estimate of drug-likeness (QED) is 0.903. The van der Waals surface area contributed by atoms with E-state index < -0.39 is 0 Å². The van der Waals surface area contributed by atoms with Crippen LogP contribution in [0.4, 0.5) is 0 Å². The molecule has 0 spiro atoms. The van der Waals surface area contributed by atoms with E-state index in [4.69, 9.17) is 5.73 Å². The van der Waals surface area contributed by atoms with Crippen LogP contribution in [0.5, 0.6) is 0 Å². The highest BCUT2D eigenvalue weighted by atomic mass is 79.9. The summed E-state index contributed by atoms with van der Waals surface area (Å²) < 4.78 is 2.94. The molecule has 1 atom stereocenters. The Hall–Kier alpha value is -0.810. The van der Waals surface area contributed by atoms with Crippen LogP contribution in [0.1, 0.15) is 43.2 Å². The summed E-state index contributed by atoms with van der Waals surface area (Å²) in [6.07, 6.45) is 4.34. The number of carbonyl (C=O) groups excluding carboxylic acids is 1. The molecule has 0 radical (unpaired) electrons. The van der Waals surface area contributed by atoms with E-state index >= 15 is 0 Å². The molecule has 5 heteroatoms. The maximum absolute atomic E-state index is 12.6. The van der Waals surface area contributed by atoms with Gasteiger partial charge in [-0.2, -0.15) is 0 Å². The molecule has 106 valence electrons. The predicted octanol–water partition coefficient (Wildman–Crippen LogP) is 2.64. The van der Waals surface area contributed by atoms with Crippen molar-refractivity contribution in [2.45, 2.75) is 38.8 Å². The molecule has 1 aromatic rings. The van der Waals surface area contributed by atoms with Crippen LogP contribution in [0.15, 0.2) is 16.7 Å². The average molecular weight is 328 g/mol. The lowest BCUT2D eigenvalue weighted by Crippen LogP contribution is -2.44. The molecule has 1 amide bonds. The molecule has 19 heavy (non-hydrogen) atoms. The lowest BCUT2D eigenvalue weighted by Gasteiger charge is -2.28. The number of hydrogen-bond acceptors (Lipinski definition) is 2. The van der Waals surface area contributed by atoms with E-state index in [-0.39, 0.29) is 18.0 Å². The van der Waals surface area contributed by atoms with Gasteiger partial charge in [0.25, 0.3) is 5.91 Å². The van der Waals surface area contributed by atoms with E-state index in [1.165, 1.54) is 12.8 Å². The fraction of sp³-hybridized carbons (Fsp3) is 0.643. The Morgan fingerprint density at radius 2 is 2.21 bits per heavy atom. The fourth-order valence-electron chi connectivity index (χ4n) is 2.52. The van der Waals surface area contributed by atoms with Gasteiger partial charge >= 0.3 is 0 Å². The van der Waals surface area contributed by atoms with Crippen molar-refractivity contribution in [2.75, 3.05) is 13.6 Å². The Morgan fingerprint density at radius 3 is 2.68 bits per heavy atom. The Bertz CT molecular complexity index is 465. The fourth-order valence-corrected chi connectivity index (χ4v) is 2.96. The number of amides is 1. The van der Waals surface area contributed by atoms with Crippen molar-refractivity contribution in [3.63, 3.8) is 0 Å². The van der Waals surface area contributed by atoms with Gasteiger partial charge in [-0.05, 0) is 54.6 Å². The Labute approximate surface area is 123 Å². The Kier molecular flexibility index (Phi) is 4.36. The molecule has 1 unspecified atom stereocenters. The first-order valence-electron chi connectivity index (χ1n) is 6.80. The molecule has 0 aromatic carbocycles. The van der Waals surface area contributed by atoms with Crippen molar-refractivity contribution in [1.29, 1.82) is 0 Å². The van der Waals surface area contributed by atoms with Crippen molar-refractivity contribution in [3.8, 4) is 0 Å². The van der Waals surface area contributed by atoms with Gasteiger partial charge in [0.2, 0.25) is 0 Å². The van der Waals surface area contributed by atoms with E-state index in [9.17, 15) is 4.79 Å². The zero-order valence-corrected chi connectivity index (χ0v) is 13.4. The molecule has 0 bridgehead atoms. The van der Waals surface area contributed by atoms with Gasteiger partial charge in [0, 0.05) is 36.3 Å². The summed E-state index contributed by atoms with van der Waals surface area (Å²) in [5.74, 6) is 0.645. The first-order valence-corrected chi connectivity index (χ1v) is 7.59. The number of likely N-dealkylation sites (N-methyl/N-ethyl adjacent to an activating group) is 1. The van der Waals surface area contributed by atoms with E-state index in [1.807, 2.05) is 28.8 Å². The van der Waals surface area contributed by atoms with Crippen LogP contribution in [0, 0.1) is 5.92 Å². The standard InChI is InChI=1S/C14H22BrN3O/c1-9(2)18-8-11(15)6-12(18)14(19)17(3)13(7-16)10-4-5-10/h6,8-10,13H,4-5,7,16H2,1-3H3. The van der Waals surface area contributed by atoms with Crippen molar-refractivity contribution < 1.29 is 4.79 Å². The third-order valence-electron chi connectivity index (χ3n) is 3.82. The summed E-state index contributed by atoms with van der Waals surface area (Å²) in [6.45, 7) is 4.69. The highest BCUT2D eigenvalue weighted by Gasteiger charge is 2.35. The van der Waals surface area contributed by atoms with Crippen LogP contribution in [0.25, 0.3) is 0 Å². The summed E-state index contributed by atoms with van der Waals surface area (Å²) in [6, 6.07) is 2.32. The van der Waals surface area contributed by atoms with E-state index in [0.29, 0.717) is 12.5 Å². The SMILES string of the molecule is CC(C)n1cc(Br)cc1C(=O)N(C)C(CN)C1CC1. The van der Waals surface area contributed by atoms with Crippen LogP contribution in [-0.2, 0) is 0 Å². The van der Waals surface area contributed by atoms with E-state index in [1.54, 1.807) is 0 Å². The normalized spacial score (nSPS) is 16.7. The second-order valence-corrected chi connectivity index (χ2v) is 6.52. The summed E-state index contributed by atoms with van der Waals surface area (Å²) in [5.41, 5.74) is 6.55. The van der Waals surface area contributed by atoms with Crippen LogP contribution < -0.4 is 5.73 Å². The van der Waals surface area contributed by atoms with Gasteiger partial charge in [-0.25, -0.2) is 0 Å². The van der Waals surface area contributed by atoms with Crippen molar-refractivity contribution >= 4 is 21.8 Å². The first-order chi connectivity index (χ1) is 8.95. The van der Waals surface area contributed by atoms with Crippen molar-refractivity contribution in [2.24, 2.45) is 11.7 Å². The minimum Gasteiger partial charge on any atom is -0.340 e. The topological polar surface area (TPSA) is 51.3 Å². The Balaban J connectivity index is 2.23. The molecule has 4 nitrogen and oxygen atoms in total. The molecular formula is C14H22BrN3O. The lowest BCUT2D eigenvalue weighted by atomic mass is 10.1. The van der Waals surface area contributed by atoms with Gasteiger partial charge in [-0.1, -0.05) is 0 Å². The molecular weight excluding hydrogens is 306 g/mol. The summed E-state index contributed by atoms with van der Waals surface area (Å²) in [4.78, 5) is 14.5. The largest absolute Gasteiger partial charge is 0.340 e. The average Bonchev–Trinajstić information content (AvgIpc) is 3.10. The summed E-state index contributed by atoms with van der Waals surface area (Å²) in [7, 11) is 1.86. The van der Waals surface area contributed by atoms with Gasteiger partial charge < -0.3 is 15.2 Å². The molecule has 1 aromatic heterocycles. The van der Waals surface area contributed by atoms with E-state index in [0.717, 1.165) is 10.2 Å². The highest BCUT2D eigenvalue weighted by Crippen LogP contribution is 2.35. The highest BCUT2D eigenvalue weighted by molar-refractivity contribution is 9.10.